The van der Waals surface area contributed by atoms with Gasteiger partial charge in [-0.2, -0.15) is 13.2 Å². The number of halogens is 5. The summed E-state index contributed by atoms with van der Waals surface area (Å²) in [6.07, 6.45) is -4.49. The molecule has 35 heavy (non-hydrogen) atoms. The summed E-state index contributed by atoms with van der Waals surface area (Å²) in [6, 6.07) is 14.2. The number of alkyl halides is 3. The number of benzene rings is 3. The molecule has 0 aliphatic rings. The van der Waals surface area contributed by atoms with Gasteiger partial charge < -0.3 is 10.6 Å². The van der Waals surface area contributed by atoms with Crippen molar-refractivity contribution in [1.29, 1.82) is 0 Å². The molecule has 1 aromatic heterocycles. The molecule has 180 valence electrons. The molecule has 4 aromatic rings. The summed E-state index contributed by atoms with van der Waals surface area (Å²) in [4.78, 5) is 29.2. The second-order valence-electron chi connectivity index (χ2n) is 7.16. The predicted octanol–water partition coefficient (Wildman–Crippen LogP) is 7.61. The second-order valence-corrected chi connectivity index (χ2v) is 10.3. The average Bonchev–Trinajstić information content (AvgIpc) is 3.19. The third kappa shape index (κ3) is 6.46. The van der Waals surface area contributed by atoms with Gasteiger partial charge >= 0.3 is 6.18 Å². The summed E-state index contributed by atoms with van der Waals surface area (Å²) in [6.45, 7) is 0. The van der Waals surface area contributed by atoms with Crippen LogP contribution in [-0.2, 0) is 11.0 Å². The Morgan fingerprint density at radius 3 is 2.49 bits per heavy atom. The van der Waals surface area contributed by atoms with Crippen LogP contribution in [0.3, 0.4) is 0 Å². The lowest BCUT2D eigenvalue weighted by atomic mass is 10.2. The lowest BCUT2D eigenvalue weighted by Gasteiger charge is -2.09. The van der Waals surface area contributed by atoms with Gasteiger partial charge in [0.25, 0.3) is 5.91 Å². The molecular weight excluding hydrogens is 542 g/mol. The van der Waals surface area contributed by atoms with Crippen LogP contribution in [0.15, 0.2) is 65.0 Å². The van der Waals surface area contributed by atoms with Crippen LogP contribution in [-0.4, -0.2) is 22.6 Å². The monoisotopic (exact) mass is 555 g/mol. The SMILES string of the molecule is O=C(CSc1nc2ccc(NC(=O)c3ccc(Cl)cc3Cl)cc2s1)Nc1cccc(C(F)(F)F)c1. The van der Waals surface area contributed by atoms with Crippen molar-refractivity contribution in [3.8, 4) is 0 Å². The number of carbonyl (C=O) groups is 2. The minimum Gasteiger partial charge on any atom is -0.325 e. The fourth-order valence-electron chi connectivity index (χ4n) is 3.01. The normalized spacial score (nSPS) is 11.5. The number of hydrogen-bond acceptors (Lipinski definition) is 5. The lowest BCUT2D eigenvalue weighted by Crippen LogP contribution is -2.14. The molecule has 0 atom stereocenters. The zero-order chi connectivity index (χ0) is 25.2. The minimum absolute atomic E-state index is 0.0330. The van der Waals surface area contributed by atoms with Crippen molar-refractivity contribution >= 4 is 79.7 Å². The van der Waals surface area contributed by atoms with E-state index in [0.29, 0.717) is 20.6 Å². The highest BCUT2D eigenvalue weighted by molar-refractivity contribution is 8.01. The standard InChI is InChI=1S/C23H14Cl2F3N3O2S2/c24-13-4-6-16(17(25)9-13)21(33)30-15-5-7-18-19(10-15)35-22(31-18)34-11-20(32)29-14-3-1-2-12(8-14)23(26,27)28/h1-10H,11H2,(H,29,32)(H,30,33). The molecule has 0 fully saturated rings. The molecule has 0 aliphatic carbocycles. The third-order valence-corrected chi connectivity index (χ3v) is 7.31. The molecule has 2 N–H and O–H groups in total. The van der Waals surface area contributed by atoms with Crippen LogP contribution in [0.5, 0.6) is 0 Å². The molecule has 0 aliphatic heterocycles. The van der Waals surface area contributed by atoms with Crippen LogP contribution in [0.25, 0.3) is 10.2 Å². The smallest absolute Gasteiger partial charge is 0.325 e. The number of aromatic nitrogens is 1. The van der Waals surface area contributed by atoms with E-state index in [0.717, 1.165) is 28.6 Å². The molecule has 5 nitrogen and oxygen atoms in total. The number of rotatable bonds is 6. The maximum absolute atomic E-state index is 12.8. The van der Waals surface area contributed by atoms with Crippen LogP contribution in [0.4, 0.5) is 24.5 Å². The first-order valence-electron chi connectivity index (χ1n) is 9.85. The minimum atomic E-state index is -4.49. The first-order chi connectivity index (χ1) is 16.6. The molecule has 1 heterocycles. The van der Waals surface area contributed by atoms with Gasteiger partial charge in [-0.15, -0.1) is 11.3 Å². The third-order valence-electron chi connectivity index (χ3n) is 4.60. The van der Waals surface area contributed by atoms with E-state index in [2.05, 4.69) is 15.6 Å². The maximum atomic E-state index is 12.8. The van der Waals surface area contributed by atoms with Crippen molar-refractivity contribution in [2.24, 2.45) is 0 Å². The Morgan fingerprint density at radius 2 is 1.74 bits per heavy atom. The Hall–Kier alpha value is -2.79. The van der Waals surface area contributed by atoms with E-state index in [1.807, 2.05) is 0 Å². The van der Waals surface area contributed by atoms with E-state index in [4.69, 9.17) is 23.2 Å². The zero-order valence-electron chi connectivity index (χ0n) is 17.5. The Morgan fingerprint density at radius 1 is 0.971 bits per heavy atom. The molecule has 0 unspecified atom stereocenters. The van der Waals surface area contributed by atoms with Gasteiger partial charge in [-0.3, -0.25) is 9.59 Å². The van der Waals surface area contributed by atoms with Gasteiger partial charge in [-0.25, -0.2) is 4.98 Å². The van der Waals surface area contributed by atoms with Crippen molar-refractivity contribution < 1.29 is 22.8 Å². The van der Waals surface area contributed by atoms with Gasteiger partial charge in [-0.05, 0) is 54.6 Å². The molecule has 0 spiro atoms. The van der Waals surface area contributed by atoms with Gasteiger partial charge in [0.1, 0.15) is 0 Å². The van der Waals surface area contributed by atoms with Crippen LogP contribution >= 0.6 is 46.3 Å². The fraction of sp³-hybridized carbons (Fsp3) is 0.0870. The Labute approximate surface area is 215 Å². The molecule has 4 rings (SSSR count). The zero-order valence-corrected chi connectivity index (χ0v) is 20.6. The molecule has 0 radical (unpaired) electrons. The maximum Gasteiger partial charge on any atom is 0.416 e. The number of amides is 2. The van der Waals surface area contributed by atoms with E-state index in [1.54, 1.807) is 24.3 Å². The molecule has 0 saturated heterocycles. The van der Waals surface area contributed by atoms with Crippen molar-refractivity contribution in [3.63, 3.8) is 0 Å². The largest absolute Gasteiger partial charge is 0.416 e. The topological polar surface area (TPSA) is 71.1 Å². The number of thiazole rings is 1. The summed E-state index contributed by atoms with van der Waals surface area (Å²) in [5, 5.41) is 5.89. The van der Waals surface area contributed by atoms with Gasteiger partial charge in [0, 0.05) is 16.4 Å². The van der Waals surface area contributed by atoms with Crippen LogP contribution in [0.1, 0.15) is 15.9 Å². The molecule has 0 bridgehead atoms. The van der Waals surface area contributed by atoms with Crippen molar-refractivity contribution in [3.05, 3.63) is 81.8 Å². The molecule has 12 heteroatoms. The molecular formula is C23H14Cl2F3N3O2S2. The number of nitrogens with one attached hydrogen (secondary N) is 2. The van der Waals surface area contributed by atoms with E-state index in [9.17, 15) is 22.8 Å². The van der Waals surface area contributed by atoms with Crippen LogP contribution in [0.2, 0.25) is 10.0 Å². The van der Waals surface area contributed by atoms with Gasteiger partial charge in [0.15, 0.2) is 4.34 Å². The number of thioether (sulfide) groups is 1. The number of fused-ring (bicyclic) bond motifs is 1. The van der Waals surface area contributed by atoms with E-state index in [-0.39, 0.29) is 22.0 Å². The summed E-state index contributed by atoms with van der Waals surface area (Å²) >= 11 is 14.4. The summed E-state index contributed by atoms with van der Waals surface area (Å²) in [5.74, 6) is -0.882. The summed E-state index contributed by atoms with van der Waals surface area (Å²) < 4.78 is 39.9. The average molecular weight is 556 g/mol. The van der Waals surface area contributed by atoms with E-state index in [1.165, 1.54) is 35.6 Å². The first kappa shape index (κ1) is 25.3. The number of hydrogen-bond donors (Lipinski definition) is 2. The summed E-state index contributed by atoms with van der Waals surface area (Å²) in [7, 11) is 0. The Kier molecular flexibility index (Phi) is 7.56. The summed E-state index contributed by atoms with van der Waals surface area (Å²) in [5.41, 5.74) is 0.726. The quantitative estimate of drug-likeness (QED) is 0.240. The van der Waals surface area contributed by atoms with E-state index >= 15 is 0 Å². The van der Waals surface area contributed by atoms with Crippen LogP contribution in [0, 0.1) is 0 Å². The number of carbonyl (C=O) groups excluding carboxylic acids is 2. The second kappa shape index (κ2) is 10.4. The lowest BCUT2D eigenvalue weighted by molar-refractivity contribution is -0.137. The first-order valence-corrected chi connectivity index (χ1v) is 12.4. The number of anilines is 2. The highest BCUT2D eigenvalue weighted by atomic mass is 35.5. The van der Waals surface area contributed by atoms with Crippen molar-refractivity contribution in [2.75, 3.05) is 16.4 Å². The Balaban J connectivity index is 1.38. The molecule has 0 saturated carbocycles. The van der Waals surface area contributed by atoms with Gasteiger partial charge in [-0.1, -0.05) is 41.0 Å². The van der Waals surface area contributed by atoms with Crippen LogP contribution < -0.4 is 10.6 Å². The molecule has 3 aromatic carbocycles. The van der Waals surface area contributed by atoms with E-state index < -0.39 is 23.6 Å². The Bertz CT molecular complexity index is 1430. The van der Waals surface area contributed by atoms with Crippen molar-refractivity contribution in [1.82, 2.24) is 4.98 Å². The van der Waals surface area contributed by atoms with Gasteiger partial charge in [0.2, 0.25) is 5.91 Å². The fourth-order valence-corrected chi connectivity index (χ4v) is 5.41. The predicted molar refractivity (Wildman–Crippen MR) is 135 cm³/mol. The van der Waals surface area contributed by atoms with Gasteiger partial charge in [0.05, 0.1) is 32.1 Å². The number of nitrogens with zero attached hydrogens (tertiary/aromatic N) is 1. The highest BCUT2D eigenvalue weighted by Gasteiger charge is 2.30. The highest BCUT2D eigenvalue weighted by Crippen LogP contribution is 2.33. The molecule has 2 amide bonds. The van der Waals surface area contributed by atoms with Crippen molar-refractivity contribution in [2.45, 2.75) is 10.5 Å².